The molecule has 0 amide bonds. The number of alkyl halides is 1. The van der Waals surface area contributed by atoms with Crippen molar-refractivity contribution in [2.75, 3.05) is 13.2 Å². The molecule has 2 heterocycles. The number of fused-ring (bicyclic) bond motifs is 1. The molecular formula is C15H22ClN3O. The Morgan fingerprint density at radius 1 is 1.25 bits per heavy atom. The van der Waals surface area contributed by atoms with Gasteiger partial charge in [0.2, 0.25) is 0 Å². The number of aromatic nitrogens is 3. The van der Waals surface area contributed by atoms with Crippen molar-refractivity contribution in [3.05, 3.63) is 23.7 Å². The quantitative estimate of drug-likeness (QED) is 0.579. The van der Waals surface area contributed by atoms with E-state index in [1.165, 1.54) is 0 Å². The van der Waals surface area contributed by atoms with Crippen molar-refractivity contribution in [1.82, 2.24) is 14.5 Å². The van der Waals surface area contributed by atoms with Gasteiger partial charge in [0, 0.05) is 18.8 Å². The summed E-state index contributed by atoms with van der Waals surface area (Å²) in [6.07, 6.45) is 1.09. The van der Waals surface area contributed by atoms with Crippen molar-refractivity contribution in [1.29, 1.82) is 0 Å². The topological polar surface area (TPSA) is 39.9 Å². The molecule has 0 aliphatic carbocycles. The summed E-state index contributed by atoms with van der Waals surface area (Å²) < 4.78 is 7.74. The zero-order chi connectivity index (χ0) is 14.5. The summed E-state index contributed by atoms with van der Waals surface area (Å²) in [7, 11) is 0. The van der Waals surface area contributed by atoms with Gasteiger partial charge in [-0.15, -0.1) is 11.6 Å². The minimum absolute atomic E-state index is 0.390. The molecule has 0 aliphatic rings. The summed E-state index contributed by atoms with van der Waals surface area (Å²) in [6.45, 7) is 8.59. The maximum atomic E-state index is 5.97. The molecule has 2 aromatic rings. The highest BCUT2D eigenvalue weighted by molar-refractivity contribution is 6.16. The molecule has 4 nitrogen and oxygen atoms in total. The molecule has 0 saturated heterocycles. The second-order valence-electron chi connectivity index (χ2n) is 5.40. The highest BCUT2D eigenvalue weighted by atomic mass is 35.5. The Morgan fingerprint density at radius 3 is 2.75 bits per heavy atom. The Hall–Kier alpha value is -1.13. The van der Waals surface area contributed by atoms with E-state index in [-0.39, 0.29) is 0 Å². The Morgan fingerprint density at radius 2 is 2.05 bits per heavy atom. The number of aryl methyl sites for hydroxylation is 1. The van der Waals surface area contributed by atoms with Crippen LogP contribution in [0.4, 0.5) is 0 Å². The van der Waals surface area contributed by atoms with Gasteiger partial charge in [0.15, 0.2) is 5.65 Å². The van der Waals surface area contributed by atoms with E-state index in [9.17, 15) is 0 Å². The van der Waals surface area contributed by atoms with Gasteiger partial charge >= 0.3 is 0 Å². The largest absolute Gasteiger partial charge is 0.380 e. The Bertz CT molecular complexity index is 565. The van der Waals surface area contributed by atoms with Gasteiger partial charge in [-0.25, -0.2) is 9.97 Å². The number of nitrogens with zero attached hydrogens (tertiary/aromatic N) is 3. The van der Waals surface area contributed by atoms with Crippen LogP contribution in [0.25, 0.3) is 11.2 Å². The standard InChI is InChI=1S/C15H22ClN3O/c1-11(2)6-8-20-9-7-19-14(10-16)18-13-5-4-12(3)17-15(13)19/h4-5,11H,6-10H2,1-3H3. The highest BCUT2D eigenvalue weighted by Gasteiger charge is 2.11. The van der Waals surface area contributed by atoms with Crippen LogP contribution in [0, 0.1) is 12.8 Å². The Kier molecular flexibility index (Phi) is 5.38. The SMILES string of the molecule is Cc1ccc2nc(CCl)n(CCOCCC(C)C)c2n1. The van der Waals surface area contributed by atoms with E-state index >= 15 is 0 Å². The molecule has 0 saturated carbocycles. The molecule has 0 atom stereocenters. The first-order valence-corrected chi connectivity index (χ1v) is 7.61. The Balaban J connectivity index is 2.06. The predicted octanol–water partition coefficient (Wildman–Crippen LogP) is 3.54. The number of halogens is 1. The molecule has 2 rings (SSSR count). The molecule has 0 unspecified atom stereocenters. The maximum absolute atomic E-state index is 5.97. The van der Waals surface area contributed by atoms with Crippen LogP contribution in [-0.2, 0) is 17.2 Å². The zero-order valence-corrected chi connectivity index (χ0v) is 13.2. The van der Waals surface area contributed by atoms with Crippen molar-refractivity contribution in [3.8, 4) is 0 Å². The lowest BCUT2D eigenvalue weighted by Gasteiger charge is -2.09. The molecule has 0 spiro atoms. The number of rotatable bonds is 7. The van der Waals surface area contributed by atoms with Crippen molar-refractivity contribution in [2.24, 2.45) is 5.92 Å². The second kappa shape index (κ2) is 7.04. The first kappa shape index (κ1) is 15.3. The van der Waals surface area contributed by atoms with E-state index < -0.39 is 0 Å². The van der Waals surface area contributed by atoms with Crippen molar-refractivity contribution in [2.45, 2.75) is 39.6 Å². The predicted molar refractivity (Wildman–Crippen MR) is 82.1 cm³/mol. The van der Waals surface area contributed by atoms with Gasteiger partial charge in [0.25, 0.3) is 0 Å². The molecule has 0 N–H and O–H groups in total. The van der Waals surface area contributed by atoms with Crippen LogP contribution in [0.5, 0.6) is 0 Å². The van der Waals surface area contributed by atoms with Crippen LogP contribution in [0.2, 0.25) is 0 Å². The van der Waals surface area contributed by atoms with E-state index in [1.807, 2.05) is 19.1 Å². The van der Waals surface area contributed by atoms with Crippen LogP contribution in [-0.4, -0.2) is 27.7 Å². The highest BCUT2D eigenvalue weighted by Crippen LogP contribution is 2.16. The number of hydrogen-bond donors (Lipinski definition) is 0. The van der Waals surface area contributed by atoms with Gasteiger partial charge in [0.1, 0.15) is 11.3 Å². The third-order valence-electron chi connectivity index (χ3n) is 3.23. The normalized spacial score (nSPS) is 11.7. The molecular weight excluding hydrogens is 274 g/mol. The van der Waals surface area contributed by atoms with Crippen LogP contribution < -0.4 is 0 Å². The third kappa shape index (κ3) is 3.70. The maximum Gasteiger partial charge on any atom is 0.160 e. The zero-order valence-electron chi connectivity index (χ0n) is 12.4. The number of pyridine rings is 1. The summed E-state index contributed by atoms with van der Waals surface area (Å²) in [5, 5.41) is 0. The average Bonchev–Trinajstić information content (AvgIpc) is 2.75. The van der Waals surface area contributed by atoms with E-state index in [1.54, 1.807) is 0 Å². The van der Waals surface area contributed by atoms with Crippen molar-refractivity contribution < 1.29 is 4.74 Å². The van der Waals surface area contributed by atoms with E-state index in [0.717, 1.165) is 42.3 Å². The summed E-state index contributed by atoms with van der Waals surface area (Å²) >= 11 is 5.97. The fourth-order valence-electron chi connectivity index (χ4n) is 2.06. The van der Waals surface area contributed by atoms with Gasteiger partial charge in [-0.3, -0.25) is 0 Å². The van der Waals surface area contributed by atoms with E-state index in [0.29, 0.717) is 18.4 Å². The van der Waals surface area contributed by atoms with Crippen molar-refractivity contribution in [3.63, 3.8) is 0 Å². The lowest BCUT2D eigenvalue weighted by molar-refractivity contribution is 0.116. The van der Waals surface area contributed by atoms with Crippen LogP contribution in [0.1, 0.15) is 31.8 Å². The van der Waals surface area contributed by atoms with Gasteiger partial charge in [-0.05, 0) is 31.4 Å². The summed E-state index contributed by atoms with van der Waals surface area (Å²) in [6, 6.07) is 3.96. The second-order valence-corrected chi connectivity index (χ2v) is 5.67. The lowest BCUT2D eigenvalue weighted by atomic mass is 10.1. The van der Waals surface area contributed by atoms with Crippen molar-refractivity contribution >= 4 is 22.8 Å². The van der Waals surface area contributed by atoms with E-state index in [2.05, 4.69) is 28.4 Å². The fourth-order valence-corrected chi connectivity index (χ4v) is 2.26. The molecule has 0 aliphatic heterocycles. The number of hydrogen-bond acceptors (Lipinski definition) is 3. The Labute approximate surface area is 125 Å². The molecule has 2 aromatic heterocycles. The monoisotopic (exact) mass is 295 g/mol. The molecule has 0 aromatic carbocycles. The molecule has 20 heavy (non-hydrogen) atoms. The van der Waals surface area contributed by atoms with Gasteiger partial charge < -0.3 is 9.30 Å². The van der Waals surface area contributed by atoms with Gasteiger partial charge in [-0.1, -0.05) is 13.8 Å². The summed E-state index contributed by atoms with van der Waals surface area (Å²) in [4.78, 5) is 9.07. The average molecular weight is 296 g/mol. The molecule has 0 fully saturated rings. The van der Waals surface area contributed by atoms with Crippen LogP contribution >= 0.6 is 11.6 Å². The van der Waals surface area contributed by atoms with E-state index in [4.69, 9.17) is 16.3 Å². The number of imidazole rings is 1. The molecule has 0 radical (unpaired) electrons. The first-order chi connectivity index (χ1) is 9.61. The minimum Gasteiger partial charge on any atom is -0.380 e. The smallest absolute Gasteiger partial charge is 0.160 e. The summed E-state index contributed by atoms with van der Waals surface area (Å²) in [5.74, 6) is 1.92. The first-order valence-electron chi connectivity index (χ1n) is 7.08. The van der Waals surface area contributed by atoms with Gasteiger partial charge in [0.05, 0.1) is 12.5 Å². The summed E-state index contributed by atoms with van der Waals surface area (Å²) in [5.41, 5.74) is 2.78. The molecule has 110 valence electrons. The molecule has 5 heteroatoms. The third-order valence-corrected chi connectivity index (χ3v) is 3.47. The van der Waals surface area contributed by atoms with Gasteiger partial charge in [-0.2, -0.15) is 0 Å². The fraction of sp³-hybridized carbons (Fsp3) is 0.600. The lowest BCUT2D eigenvalue weighted by Crippen LogP contribution is -2.10. The molecule has 0 bridgehead atoms. The van der Waals surface area contributed by atoms with Crippen LogP contribution in [0.15, 0.2) is 12.1 Å². The van der Waals surface area contributed by atoms with Crippen LogP contribution in [0.3, 0.4) is 0 Å². The minimum atomic E-state index is 0.390. The number of ether oxygens (including phenoxy) is 1.